The molecule has 0 bridgehead atoms. The van der Waals surface area contributed by atoms with Crippen molar-refractivity contribution in [3.8, 4) is 0 Å². The lowest BCUT2D eigenvalue weighted by atomic mass is 10.0. The summed E-state index contributed by atoms with van der Waals surface area (Å²) in [5, 5.41) is 7.04. The van der Waals surface area contributed by atoms with Gasteiger partial charge in [0.25, 0.3) is 0 Å². The highest BCUT2D eigenvalue weighted by Gasteiger charge is 1.97. The Kier molecular flexibility index (Phi) is 6.94. The third kappa shape index (κ3) is 5.28. The molecule has 0 heterocycles. The van der Waals surface area contributed by atoms with Crippen molar-refractivity contribution in [2.24, 2.45) is 10.2 Å². The molecular formula is C15H16N6. The Hall–Kier alpha value is -2.94. The van der Waals surface area contributed by atoms with Crippen LogP contribution in [0.4, 0.5) is 11.4 Å². The van der Waals surface area contributed by atoms with Crippen molar-refractivity contribution >= 4 is 11.4 Å². The lowest BCUT2D eigenvalue weighted by molar-refractivity contribution is 1.19. The van der Waals surface area contributed by atoms with E-state index in [9.17, 15) is 0 Å². The van der Waals surface area contributed by atoms with Crippen LogP contribution in [-0.2, 0) is 6.42 Å². The molecule has 0 saturated carbocycles. The van der Waals surface area contributed by atoms with Crippen LogP contribution in [0.1, 0.15) is 25.0 Å². The summed E-state index contributed by atoms with van der Waals surface area (Å²) in [6.45, 7) is 4.00. The van der Waals surface area contributed by atoms with Crippen LogP contribution in [0.3, 0.4) is 0 Å². The maximum Gasteiger partial charge on any atom is 0.0375 e. The smallest absolute Gasteiger partial charge is 0.0375 e. The summed E-state index contributed by atoms with van der Waals surface area (Å²) >= 11 is 0. The van der Waals surface area contributed by atoms with Crippen molar-refractivity contribution in [3.05, 3.63) is 80.5 Å². The molecule has 6 nitrogen and oxygen atoms in total. The molecule has 6 heteroatoms. The van der Waals surface area contributed by atoms with E-state index in [0.717, 1.165) is 17.5 Å². The quantitative estimate of drug-likeness (QED) is 0.362. The fraction of sp³-hybridized carbons (Fsp3) is 0.200. The predicted molar refractivity (Wildman–Crippen MR) is 84.7 cm³/mol. The second kappa shape index (κ2) is 9.04. The minimum atomic E-state index is 0.602. The Morgan fingerprint density at radius 1 is 0.714 bits per heavy atom. The number of rotatable bonds is 4. The van der Waals surface area contributed by atoms with Crippen molar-refractivity contribution in [2.45, 2.75) is 20.3 Å². The first-order valence-corrected chi connectivity index (χ1v) is 6.60. The van der Waals surface area contributed by atoms with Crippen molar-refractivity contribution in [1.82, 2.24) is 0 Å². The van der Waals surface area contributed by atoms with E-state index in [1.54, 1.807) is 24.3 Å². The maximum atomic E-state index is 8.32. The molecule has 0 N–H and O–H groups in total. The molecular weight excluding hydrogens is 264 g/mol. The summed E-state index contributed by atoms with van der Waals surface area (Å²) in [5.41, 5.74) is 20.1. The lowest BCUT2D eigenvalue weighted by Crippen LogP contribution is -1.86. The molecule has 0 aliphatic carbocycles. The first-order chi connectivity index (χ1) is 10.3. The molecule has 0 aliphatic heterocycles. The first-order valence-electron chi connectivity index (χ1n) is 6.60. The Morgan fingerprint density at radius 2 is 1.05 bits per heavy atom. The van der Waals surface area contributed by atoms with E-state index in [1.165, 1.54) is 0 Å². The third-order valence-electron chi connectivity index (χ3n) is 2.60. The zero-order valence-electron chi connectivity index (χ0n) is 12.0. The van der Waals surface area contributed by atoms with E-state index in [-0.39, 0.29) is 0 Å². The molecule has 2 rings (SSSR count). The van der Waals surface area contributed by atoms with Crippen molar-refractivity contribution in [2.75, 3.05) is 0 Å². The van der Waals surface area contributed by atoms with Gasteiger partial charge in [0.05, 0.1) is 0 Å². The van der Waals surface area contributed by atoms with Gasteiger partial charge in [0, 0.05) is 21.2 Å². The molecule has 2 aromatic rings. The largest absolute Gasteiger partial charge is 0.0683 e. The molecule has 0 saturated heterocycles. The Bertz CT molecular complexity index is 588. The van der Waals surface area contributed by atoms with Gasteiger partial charge in [0.2, 0.25) is 0 Å². The maximum absolute atomic E-state index is 8.32. The first kappa shape index (κ1) is 16.1. The molecule has 0 fully saturated rings. The van der Waals surface area contributed by atoms with Gasteiger partial charge >= 0.3 is 0 Å². The number of nitrogens with zero attached hydrogens (tertiary/aromatic N) is 6. The molecule has 0 aliphatic rings. The minimum absolute atomic E-state index is 0.602. The number of hydrogen-bond donors (Lipinski definition) is 0. The third-order valence-corrected chi connectivity index (χ3v) is 2.60. The molecule has 0 atom stereocenters. The summed E-state index contributed by atoms with van der Waals surface area (Å²) in [5.74, 6) is 0. The fourth-order valence-electron chi connectivity index (χ4n) is 1.70. The van der Waals surface area contributed by atoms with Crippen molar-refractivity contribution < 1.29 is 0 Å². The summed E-state index contributed by atoms with van der Waals surface area (Å²) in [6.07, 6.45) is 0.771. The summed E-state index contributed by atoms with van der Waals surface area (Å²) in [4.78, 5) is 5.46. The average Bonchev–Trinajstić information content (AvgIpc) is 2.54. The van der Waals surface area contributed by atoms with Gasteiger partial charge in [-0.05, 0) is 28.6 Å². The highest BCUT2D eigenvalue weighted by atomic mass is 15.1. The van der Waals surface area contributed by atoms with E-state index in [1.807, 2.05) is 38.1 Å². The van der Waals surface area contributed by atoms with Crippen LogP contribution < -0.4 is 0 Å². The van der Waals surface area contributed by atoms with Crippen LogP contribution in [-0.4, -0.2) is 0 Å². The standard InChI is InChI=1S/C13H10N6.C2H6/c14-18-16-12-5-1-10(2-6-12)9-11-3-7-13(8-4-11)17-19-15;1-2/h1-8H,9H2;1-2H3. The van der Waals surface area contributed by atoms with Gasteiger partial charge in [-0.1, -0.05) is 72.6 Å². The normalized spacial score (nSPS) is 8.67. The average molecular weight is 280 g/mol. The molecule has 0 aromatic heterocycles. The molecule has 106 valence electrons. The van der Waals surface area contributed by atoms with E-state index in [0.29, 0.717) is 11.4 Å². The van der Waals surface area contributed by atoms with E-state index >= 15 is 0 Å². The van der Waals surface area contributed by atoms with Gasteiger partial charge in [0.15, 0.2) is 0 Å². The monoisotopic (exact) mass is 280 g/mol. The summed E-state index contributed by atoms with van der Waals surface area (Å²) in [7, 11) is 0. The topological polar surface area (TPSA) is 97.5 Å². The molecule has 21 heavy (non-hydrogen) atoms. The van der Waals surface area contributed by atoms with Crippen LogP contribution in [0, 0.1) is 0 Å². The fourth-order valence-corrected chi connectivity index (χ4v) is 1.70. The van der Waals surface area contributed by atoms with Gasteiger partial charge in [-0.2, -0.15) is 0 Å². The number of hydrogen-bond acceptors (Lipinski definition) is 2. The minimum Gasteiger partial charge on any atom is -0.0683 e. The van der Waals surface area contributed by atoms with E-state index in [2.05, 4.69) is 20.1 Å². The molecule has 0 amide bonds. The Labute approximate surface area is 123 Å². The summed E-state index contributed by atoms with van der Waals surface area (Å²) < 4.78 is 0. The summed E-state index contributed by atoms with van der Waals surface area (Å²) in [6, 6.07) is 14.8. The SMILES string of the molecule is CC.[N-]=[N+]=Nc1ccc(Cc2ccc(N=[N+]=[N-])cc2)cc1. The molecule has 0 unspecified atom stereocenters. The van der Waals surface area contributed by atoms with Gasteiger partial charge in [-0.15, -0.1) is 0 Å². The van der Waals surface area contributed by atoms with E-state index in [4.69, 9.17) is 11.1 Å². The zero-order valence-corrected chi connectivity index (χ0v) is 12.0. The van der Waals surface area contributed by atoms with Crippen LogP contribution >= 0.6 is 0 Å². The second-order valence-corrected chi connectivity index (χ2v) is 3.89. The highest BCUT2D eigenvalue weighted by molar-refractivity contribution is 5.42. The lowest BCUT2D eigenvalue weighted by Gasteiger charge is -2.02. The molecule has 0 radical (unpaired) electrons. The van der Waals surface area contributed by atoms with Crippen molar-refractivity contribution in [3.63, 3.8) is 0 Å². The van der Waals surface area contributed by atoms with Gasteiger partial charge in [-0.25, -0.2) is 0 Å². The Balaban J connectivity index is 0.00000106. The van der Waals surface area contributed by atoms with Crippen LogP contribution in [0.25, 0.3) is 20.9 Å². The van der Waals surface area contributed by atoms with Crippen LogP contribution in [0.15, 0.2) is 58.8 Å². The molecule has 0 spiro atoms. The van der Waals surface area contributed by atoms with Gasteiger partial charge in [0.1, 0.15) is 0 Å². The molecule has 2 aromatic carbocycles. The van der Waals surface area contributed by atoms with Crippen molar-refractivity contribution in [1.29, 1.82) is 0 Å². The number of azide groups is 2. The Morgan fingerprint density at radius 3 is 1.33 bits per heavy atom. The number of benzene rings is 2. The van der Waals surface area contributed by atoms with Gasteiger partial charge < -0.3 is 0 Å². The van der Waals surface area contributed by atoms with Crippen LogP contribution in [0.2, 0.25) is 0 Å². The van der Waals surface area contributed by atoms with Gasteiger partial charge in [-0.3, -0.25) is 0 Å². The zero-order chi connectivity index (χ0) is 15.5. The predicted octanol–water partition coefficient (Wildman–Crippen LogP) is 6.19. The second-order valence-electron chi connectivity index (χ2n) is 3.89. The van der Waals surface area contributed by atoms with E-state index < -0.39 is 0 Å². The van der Waals surface area contributed by atoms with Crippen LogP contribution in [0.5, 0.6) is 0 Å². The highest BCUT2D eigenvalue weighted by Crippen LogP contribution is 2.18.